The minimum atomic E-state index is -4.01. The first-order chi connectivity index (χ1) is 16.4. The molecule has 4 rings (SSSR count). The van der Waals surface area contributed by atoms with Crippen molar-refractivity contribution in [1.82, 2.24) is 14.9 Å². The lowest BCUT2D eigenvalue weighted by Gasteiger charge is -2.25. The fourth-order valence-corrected chi connectivity index (χ4v) is 5.18. The van der Waals surface area contributed by atoms with Gasteiger partial charge in [-0.3, -0.25) is 9.10 Å². The molecular weight excluding hydrogens is 472 g/mol. The van der Waals surface area contributed by atoms with Gasteiger partial charge in [0.2, 0.25) is 5.91 Å². The zero-order chi connectivity index (χ0) is 24.1. The van der Waals surface area contributed by atoms with Crippen molar-refractivity contribution in [3.63, 3.8) is 0 Å². The molecule has 0 saturated heterocycles. The maximum atomic E-state index is 13.5. The summed E-state index contributed by atoms with van der Waals surface area (Å²) in [6, 6.07) is 20.5. The molecule has 0 atom stereocenters. The quantitative estimate of drug-likeness (QED) is 0.395. The van der Waals surface area contributed by atoms with Gasteiger partial charge >= 0.3 is 0 Å². The number of carbonyl (C=O) groups is 1. The van der Waals surface area contributed by atoms with Gasteiger partial charge in [-0.05, 0) is 54.4 Å². The maximum absolute atomic E-state index is 13.5. The van der Waals surface area contributed by atoms with Crippen LogP contribution in [-0.4, -0.2) is 30.4 Å². The highest BCUT2D eigenvalue weighted by Crippen LogP contribution is 2.27. The molecule has 1 heterocycles. The van der Waals surface area contributed by atoms with E-state index in [-0.39, 0.29) is 18.0 Å². The van der Waals surface area contributed by atoms with Gasteiger partial charge < -0.3 is 9.88 Å². The molecule has 0 radical (unpaired) electrons. The molecule has 0 unspecified atom stereocenters. The average Bonchev–Trinajstić information content (AvgIpc) is 3.37. The number of aryl methyl sites for hydroxylation is 1. The summed E-state index contributed by atoms with van der Waals surface area (Å²) in [7, 11) is -4.01. The zero-order valence-electron chi connectivity index (χ0n) is 18.4. The molecule has 174 valence electrons. The fraction of sp³-hybridized carbons (Fsp3) is 0.120. The van der Waals surface area contributed by atoms with Gasteiger partial charge in [0.05, 0.1) is 22.6 Å². The fourth-order valence-electron chi connectivity index (χ4n) is 3.57. The predicted octanol–water partition coefficient (Wildman–Crippen LogP) is 4.35. The van der Waals surface area contributed by atoms with E-state index in [4.69, 9.17) is 11.6 Å². The van der Waals surface area contributed by atoms with Crippen LogP contribution in [0.5, 0.6) is 0 Å². The Hall–Kier alpha value is -3.62. The second-order valence-electron chi connectivity index (χ2n) is 7.63. The van der Waals surface area contributed by atoms with Gasteiger partial charge in [-0.25, -0.2) is 13.4 Å². The van der Waals surface area contributed by atoms with Crippen LogP contribution in [0.1, 0.15) is 11.1 Å². The van der Waals surface area contributed by atoms with Crippen molar-refractivity contribution < 1.29 is 13.2 Å². The summed E-state index contributed by atoms with van der Waals surface area (Å²) >= 11 is 5.94. The Morgan fingerprint density at radius 1 is 1.03 bits per heavy atom. The summed E-state index contributed by atoms with van der Waals surface area (Å²) in [5.41, 5.74) is 2.92. The van der Waals surface area contributed by atoms with Crippen molar-refractivity contribution >= 4 is 33.2 Å². The van der Waals surface area contributed by atoms with Crippen molar-refractivity contribution in [2.75, 3.05) is 10.8 Å². The summed E-state index contributed by atoms with van der Waals surface area (Å²) in [6.45, 7) is 1.66. The minimum absolute atomic E-state index is 0.0541. The molecule has 1 N–H and O–H groups in total. The molecule has 0 aliphatic carbocycles. The van der Waals surface area contributed by atoms with Gasteiger partial charge in [-0.1, -0.05) is 48.0 Å². The number of benzene rings is 3. The number of aromatic nitrogens is 2. The van der Waals surface area contributed by atoms with Crippen molar-refractivity contribution in [1.29, 1.82) is 0 Å². The number of sulfonamides is 1. The Kier molecular flexibility index (Phi) is 7.00. The van der Waals surface area contributed by atoms with Crippen LogP contribution >= 0.6 is 11.6 Å². The number of anilines is 1. The molecule has 0 spiro atoms. The van der Waals surface area contributed by atoms with E-state index in [1.54, 1.807) is 37.6 Å². The molecule has 0 bridgehead atoms. The van der Waals surface area contributed by atoms with Crippen LogP contribution in [0.4, 0.5) is 5.69 Å². The Morgan fingerprint density at radius 3 is 2.44 bits per heavy atom. The summed E-state index contributed by atoms with van der Waals surface area (Å²) < 4.78 is 30.0. The van der Waals surface area contributed by atoms with Crippen LogP contribution < -0.4 is 9.62 Å². The minimum Gasteiger partial charge on any atom is -0.350 e. The van der Waals surface area contributed by atoms with Crippen molar-refractivity contribution in [2.24, 2.45) is 0 Å². The summed E-state index contributed by atoms with van der Waals surface area (Å²) in [6.07, 6.45) is 5.18. The van der Waals surface area contributed by atoms with Gasteiger partial charge in [0.25, 0.3) is 10.0 Å². The van der Waals surface area contributed by atoms with E-state index < -0.39 is 15.9 Å². The molecule has 4 aromatic rings. The Bertz CT molecular complexity index is 1390. The third-order valence-electron chi connectivity index (χ3n) is 5.32. The number of halogens is 1. The molecule has 0 aliphatic heterocycles. The lowest BCUT2D eigenvalue weighted by atomic mass is 10.1. The average molecular weight is 495 g/mol. The summed E-state index contributed by atoms with van der Waals surface area (Å²) in [5.74, 6) is -0.429. The number of carbonyl (C=O) groups excluding carboxylic acids is 1. The Morgan fingerprint density at radius 2 is 1.74 bits per heavy atom. The van der Waals surface area contributed by atoms with Gasteiger partial charge in [0.15, 0.2) is 0 Å². The number of para-hydroxylation sites is 2. The van der Waals surface area contributed by atoms with Crippen LogP contribution in [0.25, 0.3) is 5.69 Å². The largest absolute Gasteiger partial charge is 0.350 e. The van der Waals surface area contributed by atoms with Crippen molar-refractivity contribution in [3.8, 4) is 5.69 Å². The van der Waals surface area contributed by atoms with E-state index in [9.17, 15) is 13.2 Å². The lowest BCUT2D eigenvalue weighted by molar-refractivity contribution is -0.119. The van der Waals surface area contributed by atoms with Crippen molar-refractivity contribution in [2.45, 2.75) is 18.4 Å². The van der Waals surface area contributed by atoms with Gasteiger partial charge in [0, 0.05) is 24.0 Å². The number of hydrogen-bond donors (Lipinski definition) is 1. The highest BCUT2D eigenvalue weighted by Gasteiger charge is 2.28. The molecule has 1 amide bonds. The summed E-state index contributed by atoms with van der Waals surface area (Å²) in [4.78, 5) is 17.1. The van der Waals surface area contributed by atoms with Crippen LogP contribution in [0, 0.1) is 6.92 Å². The van der Waals surface area contributed by atoms with Crippen LogP contribution in [-0.2, 0) is 21.4 Å². The first kappa shape index (κ1) is 23.5. The zero-order valence-corrected chi connectivity index (χ0v) is 20.0. The molecule has 3 aromatic carbocycles. The van der Waals surface area contributed by atoms with E-state index >= 15 is 0 Å². The molecule has 0 saturated carbocycles. The molecule has 7 nitrogen and oxygen atoms in total. The number of nitrogens with zero attached hydrogens (tertiary/aromatic N) is 3. The monoisotopic (exact) mass is 494 g/mol. The Labute approximate surface area is 203 Å². The third kappa shape index (κ3) is 5.13. The standard InChI is InChI=1S/C25H23ClN4O3S/c1-19-6-2-4-8-23(19)30(34(32,33)22-12-10-21(26)11-13-22)17-25(31)28-16-20-7-3-5-9-24(20)29-15-14-27-18-29/h2-15,18H,16-17H2,1H3,(H,28,31). The molecule has 1 aromatic heterocycles. The molecule has 9 heteroatoms. The van der Waals surface area contributed by atoms with Gasteiger partial charge in [-0.15, -0.1) is 0 Å². The summed E-state index contributed by atoms with van der Waals surface area (Å²) in [5, 5.41) is 3.28. The SMILES string of the molecule is Cc1ccccc1N(CC(=O)NCc1ccccc1-n1ccnc1)S(=O)(=O)c1ccc(Cl)cc1. The predicted molar refractivity (Wildman–Crippen MR) is 133 cm³/mol. The van der Waals surface area contributed by atoms with Crippen LogP contribution in [0.3, 0.4) is 0 Å². The highest BCUT2D eigenvalue weighted by atomic mass is 35.5. The maximum Gasteiger partial charge on any atom is 0.264 e. The van der Waals surface area contributed by atoms with Gasteiger partial charge in [-0.2, -0.15) is 0 Å². The van der Waals surface area contributed by atoms with Crippen LogP contribution in [0.15, 0.2) is 96.4 Å². The molecule has 0 fully saturated rings. The van der Waals surface area contributed by atoms with Crippen molar-refractivity contribution in [3.05, 3.63) is 108 Å². The second kappa shape index (κ2) is 10.1. The first-order valence-corrected chi connectivity index (χ1v) is 12.3. The number of amides is 1. The van der Waals surface area contributed by atoms with Gasteiger partial charge in [0.1, 0.15) is 6.54 Å². The van der Waals surface area contributed by atoms with Crippen LogP contribution in [0.2, 0.25) is 5.02 Å². The first-order valence-electron chi connectivity index (χ1n) is 10.5. The topological polar surface area (TPSA) is 84.3 Å². The molecular formula is C25H23ClN4O3S. The normalized spacial score (nSPS) is 11.2. The smallest absolute Gasteiger partial charge is 0.264 e. The van der Waals surface area contributed by atoms with E-state index in [0.29, 0.717) is 10.7 Å². The number of nitrogens with one attached hydrogen (secondary N) is 1. The lowest BCUT2D eigenvalue weighted by Crippen LogP contribution is -2.41. The second-order valence-corrected chi connectivity index (χ2v) is 9.93. The molecule has 0 aliphatic rings. The number of rotatable bonds is 8. The van der Waals surface area contributed by atoms with E-state index in [0.717, 1.165) is 21.1 Å². The van der Waals surface area contributed by atoms with E-state index in [2.05, 4.69) is 10.3 Å². The van der Waals surface area contributed by atoms with E-state index in [1.807, 2.05) is 41.1 Å². The highest BCUT2D eigenvalue weighted by molar-refractivity contribution is 7.92. The molecule has 34 heavy (non-hydrogen) atoms. The third-order valence-corrected chi connectivity index (χ3v) is 7.35. The Balaban J connectivity index is 1.59. The number of hydrogen-bond acceptors (Lipinski definition) is 4. The number of imidazole rings is 1. The van der Waals surface area contributed by atoms with E-state index in [1.165, 1.54) is 24.3 Å².